The molecule has 0 saturated heterocycles. The third kappa shape index (κ3) is 3.63. The van der Waals surface area contributed by atoms with Crippen LogP contribution >= 0.6 is 23.2 Å². The van der Waals surface area contributed by atoms with Crippen molar-refractivity contribution in [2.75, 3.05) is 13.7 Å². The maximum absolute atomic E-state index is 6.09. The summed E-state index contributed by atoms with van der Waals surface area (Å²) in [5.74, 6) is 0.602. The molecule has 0 radical (unpaired) electrons. The molecule has 1 atom stereocenters. The predicted octanol–water partition coefficient (Wildman–Crippen LogP) is 4.33. The Morgan fingerprint density at radius 3 is 2.47 bits per heavy atom. The van der Waals surface area contributed by atoms with Crippen molar-refractivity contribution in [3.05, 3.63) is 64.1 Å². The second-order valence-electron chi connectivity index (χ2n) is 4.11. The average Bonchev–Trinajstić information content (AvgIpc) is 2.45. The van der Waals surface area contributed by atoms with Crippen LogP contribution in [0.15, 0.2) is 48.5 Å². The Morgan fingerprint density at radius 1 is 1.05 bits per heavy atom. The van der Waals surface area contributed by atoms with Crippen LogP contribution in [0.3, 0.4) is 0 Å². The summed E-state index contributed by atoms with van der Waals surface area (Å²) in [6, 6.07) is 15.6. The lowest BCUT2D eigenvalue weighted by molar-refractivity contribution is 0.273. The molecule has 4 heteroatoms. The largest absolute Gasteiger partial charge is 0.490 e. The fraction of sp³-hybridized carbons (Fsp3) is 0.200. The van der Waals surface area contributed by atoms with Crippen LogP contribution in [0, 0.1) is 0 Å². The van der Waals surface area contributed by atoms with Gasteiger partial charge in [-0.25, -0.2) is 0 Å². The molecule has 2 aromatic rings. The highest BCUT2D eigenvalue weighted by Gasteiger charge is 2.11. The van der Waals surface area contributed by atoms with Crippen molar-refractivity contribution in [3.63, 3.8) is 0 Å². The Hall–Kier alpha value is -1.22. The first kappa shape index (κ1) is 14.2. The zero-order chi connectivity index (χ0) is 13.7. The number of ether oxygens (including phenoxy) is 1. The van der Waals surface area contributed by atoms with Crippen molar-refractivity contribution >= 4 is 23.2 Å². The summed E-state index contributed by atoms with van der Waals surface area (Å²) in [6.07, 6.45) is 0. The first-order valence-corrected chi connectivity index (χ1v) is 6.77. The van der Waals surface area contributed by atoms with E-state index in [0.717, 1.165) is 0 Å². The van der Waals surface area contributed by atoms with E-state index in [9.17, 15) is 0 Å². The summed E-state index contributed by atoms with van der Waals surface area (Å²) in [5, 5.41) is 4.17. The molecule has 19 heavy (non-hydrogen) atoms. The Labute approximate surface area is 123 Å². The Balaban J connectivity index is 2.06. The molecule has 100 valence electrons. The van der Waals surface area contributed by atoms with Crippen molar-refractivity contribution in [3.8, 4) is 5.75 Å². The topological polar surface area (TPSA) is 21.3 Å². The summed E-state index contributed by atoms with van der Waals surface area (Å²) >= 11 is 12.0. The van der Waals surface area contributed by atoms with Crippen LogP contribution in [0.2, 0.25) is 10.0 Å². The second kappa shape index (κ2) is 6.80. The fourth-order valence-electron chi connectivity index (χ4n) is 1.80. The van der Waals surface area contributed by atoms with E-state index >= 15 is 0 Å². The van der Waals surface area contributed by atoms with E-state index in [1.807, 2.05) is 37.4 Å². The number of rotatable bonds is 5. The molecule has 0 saturated carbocycles. The third-order valence-electron chi connectivity index (χ3n) is 2.87. The van der Waals surface area contributed by atoms with E-state index in [1.165, 1.54) is 5.56 Å². The van der Waals surface area contributed by atoms with Crippen LogP contribution in [-0.4, -0.2) is 13.7 Å². The molecule has 0 aliphatic carbocycles. The summed E-state index contributed by atoms with van der Waals surface area (Å²) in [7, 11) is 1.90. The zero-order valence-corrected chi connectivity index (χ0v) is 12.1. The lowest BCUT2D eigenvalue weighted by Crippen LogP contribution is -2.23. The van der Waals surface area contributed by atoms with E-state index in [2.05, 4.69) is 17.4 Å². The quantitative estimate of drug-likeness (QED) is 0.886. The van der Waals surface area contributed by atoms with Gasteiger partial charge in [-0.2, -0.15) is 0 Å². The van der Waals surface area contributed by atoms with E-state index in [1.54, 1.807) is 6.07 Å². The van der Waals surface area contributed by atoms with Gasteiger partial charge >= 0.3 is 0 Å². The number of hydrogen-bond acceptors (Lipinski definition) is 2. The van der Waals surface area contributed by atoms with Gasteiger partial charge in [0.25, 0.3) is 0 Å². The molecule has 0 heterocycles. The van der Waals surface area contributed by atoms with E-state index in [0.29, 0.717) is 22.4 Å². The highest BCUT2D eigenvalue weighted by atomic mass is 35.5. The van der Waals surface area contributed by atoms with Crippen LogP contribution in [0.1, 0.15) is 11.6 Å². The first-order chi connectivity index (χ1) is 9.22. The van der Waals surface area contributed by atoms with Gasteiger partial charge in [-0.15, -0.1) is 0 Å². The lowest BCUT2D eigenvalue weighted by Gasteiger charge is -2.18. The summed E-state index contributed by atoms with van der Waals surface area (Å²) < 4.78 is 5.75. The van der Waals surface area contributed by atoms with Crippen LogP contribution in [-0.2, 0) is 0 Å². The van der Waals surface area contributed by atoms with Crippen LogP contribution < -0.4 is 10.1 Å². The molecule has 0 fully saturated rings. The summed E-state index contributed by atoms with van der Waals surface area (Å²) in [6.45, 7) is 0.487. The van der Waals surface area contributed by atoms with Gasteiger partial charge in [0, 0.05) is 0 Å². The molecule has 0 aliphatic heterocycles. The minimum atomic E-state index is 0.108. The van der Waals surface area contributed by atoms with Crippen LogP contribution in [0.4, 0.5) is 0 Å². The first-order valence-electron chi connectivity index (χ1n) is 6.01. The molecule has 0 amide bonds. The number of halogens is 2. The molecule has 0 spiro atoms. The summed E-state index contributed by atoms with van der Waals surface area (Å²) in [5.41, 5.74) is 1.17. The van der Waals surface area contributed by atoms with Gasteiger partial charge in [-0.3, -0.25) is 0 Å². The van der Waals surface area contributed by atoms with Gasteiger partial charge in [0.05, 0.1) is 11.1 Å². The van der Waals surface area contributed by atoms with Gasteiger partial charge in [0.2, 0.25) is 0 Å². The molecule has 0 aliphatic rings. The van der Waals surface area contributed by atoms with Crippen molar-refractivity contribution < 1.29 is 4.74 Å². The molecule has 0 unspecified atom stereocenters. The molecular weight excluding hydrogens is 281 g/mol. The Kier molecular flexibility index (Phi) is 5.08. The van der Waals surface area contributed by atoms with Crippen molar-refractivity contribution in [2.24, 2.45) is 0 Å². The van der Waals surface area contributed by atoms with Gasteiger partial charge in [-0.05, 0) is 24.7 Å². The van der Waals surface area contributed by atoms with E-state index in [4.69, 9.17) is 27.9 Å². The number of hydrogen-bond donors (Lipinski definition) is 1. The SMILES string of the molecule is CN[C@H](COc1cccc(Cl)c1Cl)c1ccccc1. The number of likely N-dealkylation sites (N-methyl/N-ethyl adjacent to an activating group) is 1. The molecule has 1 N–H and O–H groups in total. The molecule has 2 aromatic carbocycles. The van der Waals surface area contributed by atoms with Crippen LogP contribution in [0.5, 0.6) is 5.75 Å². The van der Waals surface area contributed by atoms with Crippen molar-refractivity contribution in [2.45, 2.75) is 6.04 Å². The van der Waals surface area contributed by atoms with E-state index < -0.39 is 0 Å². The Bertz CT molecular complexity index is 531. The van der Waals surface area contributed by atoms with Gasteiger partial charge in [0.15, 0.2) is 0 Å². The number of benzene rings is 2. The normalized spacial score (nSPS) is 12.2. The van der Waals surface area contributed by atoms with E-state index in [-0.39, 0.29) is 6.04 Å². The maximum atomic E-state index is 6.09. The van der Waals surface area contributed by atoms with Crippen molar-refractivity contribution in [1.29, 1.82) is 0 Å². The van der Waals surface area contributed by atoms with Crippen LogP contribution in [0.25, 0.3) is 0 Å². The Morgan fingerprint density at radius 2 is 1.79 bits per heavy atom. The minimum absolute atomic E-state index is 0.108. The number of nitrogens with one attached hydrogen (secondary N) is 1. The second-order valence-corrected chi connectivity index (χ2v) is 4.90. The maximum Gasteiger partial charge on any atom is 0.139 e. The van der Waals surface area contributed by atoms with Crippen molar-refractivity contribution in [1.82, 2.24) is 5.32 Å². The molecule has 2 rings (SSSR count). The van der Waals surface area contributed by atoms with Gasteiger partial charge < -0.3 is 10.1 Å². The minimum Gasteiger partial charge on any atom is -0.490 e. The molecule has 0 bridgehead atoms. The lowest BCUT2D eigenvalue weighted by atomic mass is 10.1. The predicted molar refractivity (Wildman–Crippen MR) is 80.2 cm³/mol. The summed E-state index contributed by atoms with van der Waals surface area (Å²) in [4.78, 5) is 0. The standard InChI is InChI=1S/C15H15Cl2NO/c1-18-13(11-6-3-2-4-7-11)10-19-14-9-5-8-12(16)15(14)17/h2-9,13,18H,10H2,1H3/t13-/m1/s1. The highest BCUT2D eigenvalue weighted by molar-refractivity contribution is 6.42. The molecule has 2 nitrogen and oxygen atoms in total. The van der Waals surface area contributed by atoms with Gasteiger partial charge in [-0.1, -0.05) is 59.6 Å². The highest BCUT2D eigenvalue weighted by Crippen LogP contribution is 2.32. The third-order valence-corrected chi connectivity index (χ3v) is 3.67. The fourth-order valence-corrected chi connectivity index (χ4v) is 2.15. The zero-order valence-electron chi connectivity index (χ0n) is 10.6. The monoisotopic (exact) mass is 295 g/mol. The molecule has 0 aromatic heterocycles. The molecular formula is C15H15Cl2NO. The average molecular weight is 296 g/mol. The smallest absolute Gasteiger partial charge is 0.139 e. The van der Waals surface area contributed by atoms with Gasteiger partial charge in [0.1, 0.15) is 17.4 Å².